The summed E-state index contributed by atoms with van der Waals surface area (Å²) in [6.07, 6.45) is 1.51. The predicted molar refractivity (Wildman–Crippen MR) is 107 cm³/mol. The van der Waals surface area contributed by atoms with Crippen molar-refractivity contribution < 1.29 is 9.53 Å². The van der Waals surface area contributed by atoms with E-state index in [1.54, 1.807) is 43.6 Å². The zero-order valence-electron chi connectivity index (χ0n) is 14.9. The standard InChI is InChI=1S/C18H19ClN4O2S/c1-9-11(3)26-18-15(9)16(20-8-21-18)22-10(2)17(24)23-12-5-6-14(25-4)13(19)7-12/h5-8,10H,1-4H3,(H,23,24)(H,20,21,22)/t10-/m0/s1. The Hall–Kier alpha value is -2.38. The first-order valence-electron chi connectivity index (χ1n) is 8.02. The van der Waals surface area contributed by atoms with Gasteiger partial charge < -0.3 is 15.4 Å². The number of aromatic nitrogens is 2. The molecule has 0 radical (unpaired) electrons. The molecule has 2 N–H and O–H groups in total. The molecule has 0 bridgehead atoms. The van der Waals surface area contributed by atoms with E-state index in [0.717, 1.165) is 15.8 Å². The number of rotatable bonds is 5. The maximum absolute atomic E-state index is 12.5. The molecule has 6 nitrogen and oxygen atoms in total. The fraction of sp³-hybridized carbons (Fsp3) is 0.278. The van der Waals surface area contributed by atoms with Gasteiger partial charge in [-0.2, -0.15) is 0 Å². The molecule has 1 aromatic carbocycles. The second kappa shape index (κ2) is 7.47. The average molecular weight is 391 g/mol. The third-order valence-electron chi connectivity index (χ3n) is 4.13. The number of fused-ring (bicyclic) bond motifs is 1. The molecular weight excluding hydrogens is 372 g/mol. The molecule has 0 fully saturated rings. The molecule has 0 saturated heterocycles. The van der Waals surface area contributed by atoms with Crippen molar-refractivity contribution in [2.75, 3.05) is 17.7 Å². The van der Waals surface area contributed by atoms with Crippen LogP contribution in [0.25, 0.3) is 10.2 Å². The van der Waals surface area contributed by atoms with Gasteiger partial charge in [0.05, 0.1) is 17.5 Å². The Balaban J connectivity index is 1.77. The van der Waals surface area contributed by atoms with Crippen LogP contribution in [0.3, 0.4) is 0 Å². The number of nitrogens with one attached hydrogen (secondary N) is 2. The van der Waals surface area contributed by atoms with Gasteiger partial charge in [-0.25, -0.2) is 9.97 Å². The number of hydrogen-bond donors (Lipinski definition) is 2. The van der Waals surface area contributed by atoms with Crippen molar-refractivity contribution in [2.45, 2.75) is 26.8 Å². The minimum absolute atomic E-state index is 0.192. The molecule has 1 amide bonds. The fourth-order valence-corrected chi connectivity index (χ4v) is 3.81. The number of aryl methyl sites for hydroxylation is 2. The van der Waals surface area contributed by atoms with Crippen molar-refractivity contribution in [2.24, 2.45) is 0 Å². The van der Waals surface area contributed by atoms with E-state index in [1.807, 2.05) is 6.92 Å². The number of benzene rings is 1. The number of hydrogen-bond acceptors (Lipinski definition) is 6. The minimum atomic E-state index is -0.492. The Kier molecular flexibility index (Phi) is 5.29. The quantitative estimate of drug-likeness (QED) is 0.674. The summed E-state index contributed by atoms with van der Waals surface area (Å²) >= 11 is 7.72. The van der Waals surface area contributed by atoms with Crippen LogP contribution < -0.4 is 15.4 Å². The monoisotopic (exact) mass is 390 g/mol. The Labute approximate surface area is 160 Å². The topological polar surface area (TPSA) is 76.1 Å². The Bertz CT molecular complexity index is 973. The molecule has 0 unspecified atom stereocenters. The van der Waals surface area contributed by atoms with E-state index in [-0.39, 0.29) is 5.91 Å². The van der Waals surface area contributed by atoms with E-state index >= 15 is 0 Å². The first-order valence-corrected chi connectivity index (χ1v) is 9.21. The average Bonchev–Trinajstić information content (AvgIpc) is 2.90. The zero-order chi connectivity index (χ0) is 18.8. The van der Waals surface area contributed by atoms with Gasteiger partial charge in [0.2, 0.25) is 5.91 Å². The number of ether oxygens (including phenoxy) is 1. The fourth-order valence-electron chi connectivity index (χ4n) is 2.56. The second-order valence-electron chi connectivity index (χ2n) is 5.89. The number of carbonyl (C=O) groups excluding carboxylic acids is 1. The highest BCUT2D eigenvalue weighted by Crippen LogP contribution is 2.33. The van der Waals surface area contributed by atoms with Crippen molar-refractivity contribution in [1.82, 2.24) is 9.97 Å². The molecule has 3 aromatic rings. The molecule has 1 atom stereocenters. The summed E-state index contributed by atoms with van der Waals surface area (Å²) < 4.78 is 5.12. The van der Waals surface area contributed by atoms with Crippen LogP contribution in [-0.4, -0.2) is 29.0 Å². The van der Waals surface area contributed by atoms with Gasteiger partial charge in [0.1, 0.15) is 28.8 Å². The van der Waals surface area contributed by atoms with Crippen LogP contribution in [0.1, 0.15) is 17.4 Å². The number of methoxy groups -OCH3 is 1. The van der Waals surface area contributed by atoms with Crippen molar-refractivity contribution in [3.63, 3.8) is 0 Å². The van der Waals surface area contributed by atoms with Crippen molar-refractivity contribution >= 4 is 50.6 Å². The maximum Gasteiger partial charge on any atom is 0.246 e. The zero-order valence-corrected chi connectivity index (χ0v) is 16.5. The Morgan fingerprint density at radius 1 is 1.31 bits per heavy atom. The lowest BCUT2D eigenvalue weighted by atomic mass is 10.2. The Morgan fingerprint density at radius 2 is 2.08 bits per heavy atom. The first kappa shape index (κ1) is 18.4. The smallest absolute Gasteiger partial charge is 0.246 e. The van der Waals surface area contributed by atoms with E-state index in [4.69, 9.17) is 16.3 Å². The van der Waals surface area contributed by atoms with Crippen molar-refractivity contribution in [1.29, 1.82) is 0 Å². The van der Waals surface area contributed by atoms with E-state index in [9.17, 15) is 4.79 Å². The molecule has 3 rings (SSSR count). The summed E-state index contributed by atoms with van der Waals surface area (Å²) in [5.74, 6) is 1.03. The van der Waals surface area contributed by atoms with Gasteiger partial charge in [0, 0.05) is 10.6 Å². The van der Waals surface area contributed by atoms with Crippen LogP contribution in [0, 0.1) is 13.8 Å². The van der Waals surface area contributed by atoms with Crippen molar-refractivity contribution in [3.8, 4) is 5.75 Å². The van der Waals surface area contributed by atoms with Crippen LogP contribution in [0.4, 0.5) is 11.5 Å². The summed E-state index contributed by atoms with van der Waals surface area (Å²) in [6, 6.07) is 4.61. The summed E-state index contributed by atoms with van der Waals surface area (Å²) in [4.78, 5) is 23.2. The third kappa shape index (κ3) is 3.59. The Morgan fingerprint density at radius 3 is 2.77 bits per heavy atom. The number of nitrogens with zero attached hydrogens (tertiary/aromatic N) is 2. The summed E-state index contributed by atoms with van der Waals surface area (Å²) in [7, 11) is 1.54. The van der Waals surface area contributed by atoms with E-state index in [2.05, 4.69) is 27.5 Å². The van der Waals surface area contributed by atoms with Crippen molar-refractivity contribution in [3.05, 3.63) is 40.0 Å². The van der Waals surface area contributed by atoms with Gasteiger partial charge in [0.15, 0.2) is 0 Å². The third-order valence-corrected chi connectivity index (χ3v) is 5.54. The first-order chi connectivity index (χ1) is 12.4. The highest BCUT2D eigenvalue weighted by atomic mass is 35.5. The van der Waals surface area contributed by atoms with Crippen LogP contribution in [0.2, 0.25) is 5.02 Å². The molecule has 0 aliphatic rings. The molecule has 0 aliphatic heterocycles. The van der Waals surface area contributed by atoms with Gasteiger partial charge in [0.25, 0.3) is 0 Å². The predicted octanol–water partition coefficient (Wildman–Crippen LogP) is 4.41. The van der Waals surface area contributed by atoms with Crippen LogP contribution >= 0.6 is 22.9 Å². The molecule has 26 heavy (non-hydrogen) atoms. The summed E-state index contributed by atoms with van der Waals surface area (Å²) in [6.45, 7) is 5.87. The van der Waals surface area contributed by atoms with E-state index < -0.39 is 6.04 Å². The molecular formula is C18H19ClN4O2S. The lowest BCUT2D eigenvalue weighted by Gasteiger charge is -2.16. The molecule has 2 heterocycles. The SMILES string of the molecule is COc1ccc(NC(=O)[C@H](C)Nc2ncnc3sc(C)c(C)c23)cc1Cl. The normalized spacial score (nSPS) is 12.0. The largest absolute Gasteiger partial charge is 0.495 e. The number of anilines is 2. The molecule has 8 heteroatoms. The van der Waals surface area contributed by atoms with Gasteiger partial charge in [-0.1, -0.05) is 11.6 Å². The van der Waals surface area contributed by atoms with Gasteiger partial charge in [-0.3, -0.25) is 4.79 Å². The van der Waals surface area contributed by atoms with E-state index in [0.29, 0.717) is 22.3 Å². The van der Waals surface area contributed by atoms with Crippen LogP contribution in [0.5, 0.6) is 5.75 Å². The second-order valence-corrected chi connectivity index (χ2v) is 7.50. The molecule has 0 aliphatic carbocycles. The van der Waals surface area contributed by atoms with E-state index in [1.165, 1.54) is 11.2 Å². The number of thiophene rings is 1. The van der Waals surface area contributed by atoms with Gasteiger partial charge in [-0.05, 0) is 44.5 Å². The summed E-state index contributed by atoms with van der Waals surface area (Å²) in [5, 5.41) is 7.42. The maximum atomic E-state index is 12.5. The van der Waals surface area contributed by atoms with Crippen LogP contribution in [-0.2, 0) is 4.79 Å². The minimum Gasteiger partial charge on any atom is -0.495 e. The lowest BCUT2D eigenvalue weighted by Crippen LogP contribution is -2.32. The van der Waals surface area contributed by atoms with Crippen LogP contribution in [0.15, 0.2) is 24.5 Å². The van der Waals surface area contributed by atoms with Gasteiger partial charge >= 0.3 is 0 Å². The van der Waals surface area contributed by atoms with Gasteiger partial charge in [-0.15, -0.1) is 11.3 Å². The molecule has 0 saturated carbocycles. The molecule has 2 aromatic heterocycles. The highest BCUT2D eigenvalue weighted by molar-refractivity contribution is 7.18. The number of halogens is 1. The molecule has 0 spiro atoms. The highest BCUT2D eigenvalue weighted by Gasteiger charge is 2.18. The molecule has 136 valence electrons. The lowest BCUT2D eigenvalue weighted by molar-refractivity contribution is -0.116. The number of carbonyl (C=O) groups is 1. The number of amides is 1. The summed E-state index contributed by atoms with van der Waals surface area (Å²) in [5.41, 5.74) is 1.73.